The van der Waals surface area contributed by atoms with E-state index in [1.165, 1.54) is 54.3 Å². The van der Waals surface area contributed by atoms with Gasteiger partial charge in [0.2, 0.25) is 5.88 Å². The summed E-state index contributed by atoms with van der Waals surface area (Å²) in [5.41, 5.74) is 12.2. The Morgan fingerprint density at radius 3 is 2.28 bits per heavy atom. The number of aromatic nitrogens is 2. The van der Waals surface area contributed by atoms with E-state index in [2.05, 4.69) is 128 Å². The van der Waals surface area contributed by atoms with Crippen molar-refractivity contribution in [1.82, 2.24) is 9.55 Å². The second kappa shape index (κ2) is 8.48. The fraction of sp³-hybridized carbons (Fsp3) is 0.103. The molecule has 0 fully saturated rings. The van der Waals surface area contributed by atoms with E-state index in [4.69, 9.17) is 14.5 Å². The van der Waals surface area contributed by atoms with E-state index in [-0.39, 0.29) is 18.8 Å². The van der Waals surface area contributed by atoms with E-state index in [1.807, 2.05) is 0 Å². The highest BCUT2D eigenvalue weighted by Crippen LogP contribution is 2.41. The number of para-hydroxylation sites is 3. The predicted octanol–water partition coefficient (Wildman–Crippen LogP) is 5.50. The zero-order valence-electron chi connectivity index (χ0n) is 25.6. The maximum absolute atomic E-state index is 6.78. The summed E-state index contributed by atoms with van der Waals surface area (Å²) in [5.74, 6) is 3.32. The molecule has 2 aromatic heterocycles. The van der Waals surface area contributed by atoms with Crippen LogP contribution in [0.15, 0.2) is 113 Å². The monoisotopic (exact) mass is 608 g/mol. The van der Waals surface area contributed by atoms with Gasteiger partial charge in [-0.2, -0.15) is 0 Å². The Labute approximate surface area is 271 Å². The van der Waals surface area contributed by atoms with Gasteiger partial charge in [-0.1, -0.05) is 99.3 Å². The van der Waals surface area contributed by atoms with Gasteiger partial charge in [0.1, 0.15) is 22.3 Å². The molecule has 4 aliphatic rings. The second-order valence-corrected chi connectivity index (χ2v) is 14.9. The number of hydrogen-bond donors (Lipinski definition) is 0. The first kappa shape index (κ1) is 25.3. The van der Waals surface area contributed by atoms with Gasteiger partial charge in [-0.05, 0) is 74.7 Å². The zero-order chi connectivity index (χ0) is 30.5. The second-order valence-electron chi connectivity index (χ2n) is 13.9. The summed E-state index contributed by atoms with van der Waals surface area (Å²) in [6.45, 7) is 6.73. The Morgan fingerprint density at radius 1 is 0.652 bits per heavy atom. The van der Waals surface area contributed by atoms with Crippen LogP contribution in [0.25, 0.3) is 27.5 Å². The number of hydrogen-bond acceptors (Lipinski definition) is 4. The van der Waals surface area contributed by atoms with E-state index < -0.39 is 0 Å². The van der Waals surface area contributed by atoms with Crippen LogP contribution >= 0.6 is 11.8 Å². The molecular weight excluding hydrogens is 582 g/mol. The van der Waals surface area contributed by atoms with Gasteiger partial charge < -0.3 is 14.0 Å². The van der Waals surface area contributed by atoms with Crippen LogP contribution in [0.2, 0.25) is 0 Å². The van der Waals surface area contributed by atoms with E-state index >= 15 is 0 Å². The summed E-state index contributed by atoms with van der Waals surface area (Å²) in [7, 11) is 0. The molecule has 4 nitrogen and oxygen atoms in total. The highest BCUT2D eigenvalue weighted by Gasteiger charge is 2.45. The van der Waals surface area contributed by atoms with Crippen molar-refractivity contribution < 1.29 is 9.47 Å². The average molecular weight is 608 g/mol. The molecule has 0 amide bonds. The number of fused-ring (bicyclic) bond motifs is 11. The van der Waals surface area contributed by atoms with Gasteiger partial charge in [-0.25, -0.2) is 4.98 Å². The Hall–Kier alpha value is -4.87. The van der Waals surface area contributed by atoms with Crippen LogP contribution in [-0.4, -0.2) is 23.0 Å². The summed E-state index contributed by atoms with van der Waals surface area (Å²) in [4.78, 5) is 6.63. The molecule has 6 heterocycles. The van der Waals surface area contributed by atoms with Crippen molar-refractivity contribution in [2.24, 2.45) is 0 Å². The van der Waals surface area contributed by atoms with Crippen LogP contribution in [0.1, 0.15) is 26.3 Å². The fourth-order valence-corrected chi connectivity index (χ4v) is 9.42. The highest BCUT2D eigenvalue weighted by atomic mass is 32.2. The molecule has 11 rings (SSSR count). The molecule has 46 heavy (non-hydrogen) atoms. The minimum atomic E-state index is -0.0595. The van der Waals surface area contributed by atoms with Crippen molar-refractivity contribution in [1.29, 1.82) is 0 Å². The van der Waals surface area contributed by atoms with Gasteiger partial charge in [-0.15, -0.1) is 0 Å². The molecule has 0 atom stereocenters. The van der Waals surface area contributed by atoms with Gasteiger partial charge in [0.05, 0.1) is 5.52 Å². The predicted molar refractivity (Wildman–Crippen MR) is 190 cm³/mol. The topological polar surface area (TPSA) is 36.3 Å². The maximum atomic E-state index is 6.78. The third-order valence-electron chi connectivity index (χ3n) is 10.4. The summed E-state index contributed by atoms with van der Waals surface area (Å²) in [6.07, 6.45) is 0. The number of pyridine rings is 1. The minimum absolute atomic E-state index is 0.0296. The summed E-state index contributed by atoms with van der Waals surface area (Å²) in [5, 5.41) is 3.61. The molecular formula is C39H26B2N2O2S. The SMILES string of the molecule is CC(C)(C)c1cc2c3c(c1)Oc1nc4c(cc1B3c1ccccc1O2)B1c2c(cccc2-n2c3ccccc3c3cccc1c32)S4. The molecule has 0 spiro atoms. The van der Waals surface area contributed by atoms with E-state index in [1.54, 1.807) is 11.8 Å². The van der Waals surface area contributed by atoms with Crippen molar-refractivity contribution in [3.8, 4) is 28.8 Å². The average Bonchev–Trinajstić information content (AvgIpc) is 3.40. The van der Waals surface area contributed by atoms with Gasteiger partial charge in [0.15, 0.2) is 0 Å². The van der Waals surface area contributed by atoms with Crippen LogP contribution in [-0.2, 0) is 5.41 Å². The van der Waals surface area contributed by atoms with Gasteiger partial charge >= 0.3 is 0 Å². The van der Waals surface area contributed by atoms with Crippen molar-refractivity contribution >= 4 is 79.8 Å². The lowest BCUT2D eigenvalue weighted by Crippen LogP contribution is -2.62. The molecule has 0 bridgehead atoms. The van der Waals surface area contributed by atoms with E-state index in [9.17, 15) is 0 Å². The molecule has 0 saturated carbocycles. The molecule has 0 N–H and O–H groups in total. The molecule has 7 aromatic rings. The molecule has 216 valence electrons. The largest absolute Gasteiger partial charge is 0.458 e. The van der Waals surface area contributed by atoms with E-state index in [0.717, 1.165) is 38.7 Å². The standard InChI is InChI=1S/C39H26B2N2O2S/c1-39(2,3)21-18-31-35-32(19-21)45-37-26(40(35)24-12-5-7-16-30(24)44-31)20-27-38(42-37)46-33-17-9-15-29-34(33)41(27)25-13-8-11-23-22-10-4-6-14-28(22)43(29)36(23)25/h4-20H,1-3H3. The Bertz CT molecular complexity index is 2530. The lowest BCUT2D eigenvalue weighted by molar-refractivity contribution is 0.445. The lowest BCUT2D eigenvalue weighted by atomic mass is 9.32. The third-order valence-corrected chi connectivity index (χ3v) is 11.5. The van der Waals surface area contributed by atoms with Gasteiger partial charge in [-0.3, -0.25) is 0 Å². The molecule has 0 aliphatic carbocycles. The fourth-order valence-electron chi connectivity index (χ4n) is 8.31. The molecule has 0 saturated heterocycles. The van der Waals surface area contributed by atoms with Gasteiger partial charge in [0.25, 0.3) is 13.4 Å². The molecule has 5 aromatic carbocycles. The molecule has 0 radical (unpaired) electrons. The van der Waals surface area contributed by atoms with Crippen LogP contribution < -0.4 is 42.3 Å². The number of nitrogens with zero attached hydrogens (tertiary/aromatic N) is 2. The van der Waals surface area contributed by atoms with Crippen LogP contribution in [0.5, 0.6) is 23.1 Å². The summed E-state index contributed by atoms with van der Waals surface area (Å²) >= 11 is 1.77. The van der Waals surface area contributed by atoms with Crippen molar-refractivity contribution in [2.75, 3.05) is 0 Å². The number of ether oxygens (including phenoxy) is 2. The van der Waals surface area contributed by atoms with E-state index in [0.29, 0.717) is 5.88 Å². The minimum Gasteiger partial charge on any atom is -0.458 e. The smallest absolute Gasteiger partial charge is 0.262 e. The van der Waals surface area contributed by atoms with Crippen LogP contribution in [0.4, 0.5) is 0 Å². The lowest BCUT2D eigenvalue weighted by Gasteiger charge is -2.36. The molecule has 4 aliphatic heterocycles. The first-order chi connectivity index (χ1) is 22.4. The Balaban J connectivity index is 1.20. The first-order valence-electron chi connectivity index (χ1n) is 15.9. The van der Waals surface area contributed by atoms with Crippen LogP contribution in [0, 0.1) is 0 Å². The summed E-state index contributed by atoms with van der Waals surface area (Å²) in [6, 6.07) is 37.6. The zero-order valence-corrected chi connectivity index (χ0v) is 26.4. The molecule has 7 heteroatoms. The quantitative estimate of drug-likeness (QED) is 0.213. The maximum Gasteiger partial charge on any atom is 0.262 e. The molecule has 0 unspecified atom stereocenters. The highest BCUT2D eigenvalue weighted by molar-refractivity contribution is 8.00. The van der Waals surface area contributed by atoms with Crippen molar-refractivity contribution in [2.45, 2.75) is 36.1 Å². The van der Waals surface area contributed by atoms with Crippen molar-refractivity contribution in [3.63, 3.8) is 0 Å². The normalized spacial score (nSPS) is 14.6. The first-order valence-corrected chi connectivity index (χ1v) is 16.8. The summed E-state index contributed by atoms with van der Waals surface area (Å²) < 4.78 is 15.9. The van der Waals surface area contributed by atoms with Gasteiger partial charge in [0, 0.05) is 32.3 Å². The van der Waals surface area contributed by atoms with Crippen molar-refractivity contribution in [3.05, 3.63) is 109 Å². The number of rotatable bonds is 0. The third kappa shape index (κ3) is 3.12. The Kier molecular flexibility index (Phi) is 4.67. The Morgan fingerprint density at radius 2 is 1.39 bits per heavy atom. The number of benzene rings is 5. The van der Waals surface area contributed by atoms with Crippen LogP contribution in [0.3, 0.4) is 0 Å².